The van der Waals surface area contributed by atoms with Crippen molar-refractivity contribution in [1.29, 1.82) is 0 Å². The Hall–Kier alpha value is -3.15. The standard InChI is InChI=1S/C16H13N5O/c17-16-19-14-13(15(22)20-16)21(9-18-14)8-10-5-6-11-3-1-2-4-12(11)7-10/h1-7,9H,8H2,(H3,17,19,20,22). The highest BCUT2D eigenvalue weighted by atomic mass is 16.1. The molecule has 4 aromatic rings. The summed E-state index contributed by atoms with van der Waals surface area (Å²) < 4.78 is 1.78. The van der Waals surface area contributed by atoms with E-state index in [0.717, 1.165) is 5.56 Å². The van der Waals surface area contributed by atoms with Crippen LogP contribution in [0.5, 0.6) is 0 Å². The van der Waals surface area contributed by atoms with Crippen molar-refractivity contribution in [2.24, 2.45) is 0 Å². The van der Waals surface area contributed by atoms with Crippen LogP contribution < -0.4 is 11.3 Å². The molecule has 0 atom stereocenters. The number of hydrogen-bond donors (Lipinski definition) is 2. The maximum absolute atomic E-state index is 12.0. The number of aromatic amines is 1. The number of hydrogen-bond acceptors (Lipinski definition) is 4. The molecule has 0 fully saturated rings. The Kier molecular flexibility index (Phi) is 2.69. The van der Waals surface area contributed by atoms with Crippen molar-refractivity contribution in [1.82, 2.24) is 19.5 Å². The molecule has 0 saturated heterocycles. The molecule has 3 N–H and O–H groups in total. The van der Waals surface area contributed by atoms with Gasteiger partial charge in [-0.05, 0) is 22.4 Å². The van der Waals surface area contributed by atoms with Gasteiger partial charge in [-0.25, -0.2) is 4.98 Å². The van der Waals surface area contributed by atoms with Crippen molar-refractivity contribution in [2.45, 2.75) is 6.54 Å². The molecule has 0 aliphatic rings. The number of benzene rings is 2. The summed E-state index contributed by atoms with van der Waals surface area (Å²) in [6.45, 7) is 0.552. The molecule has 2 aromatic heterocycles. The van der Waals surface area contributed by atoms with Gasteiger partial charge in [-0.3, -0.25) is 9.78 Å². The Labute approximate surface area is 125 Å². The van der Waals surface area contributed by atoms with Crippen LogP contribution in [0.2, 0.25) is 0 Å². The third kappa shape index (κ3) is 2.01. The molecule has 0 spiro atoms. The third-order valence-corrected chi connectivity index (χ3v) is 3.67. The first-order valence-corrected chi connectivity index (χ1v) is 6.89. The fraction of sp³-hybridized carbons (Fsp3) is 0.0625. The van der Waals surface area contributed by atoms with Crippen LogP contribution in [0, 0.1) is 0 Å². The number of fused-ring (bicyclic) bond motifs is 2. The van der Waals surface area contributed by atoms with Gasteiger partial charge in [-0.1, -0.05) is 36.4 Å². The number of imidazole rings is 1. The lowest BCUT2D eigenvalue weighted by Gasteiger charge is -2.06. The van der Waals surface area contributed by atoms with E-state index in [2.05, 4.69) is 39.2 Å². The maximum Gasteiger partial charge on any atom is 0.278 e. The van der Waals surface area contributed by atoms with Crippen LogP contribution in [0.25, 0.3) is 21.9 Å². The first-order valence-electron chi connectivity index (χ1n) is 6.89. The molecule has 0 radical (unpaired) electrons. The third-order valence-electron chi connectivity index (χ3n) is 3.67. The molecule has 0 amide bonds. The van der Waals surface area contributed by atoms with Gasteiger partial charge in [0.2, 0.25) is 5.95 Å². The lowest BCUT2D eigenvalue weighted by atomic mass is 10.1. The van der Waals surface area contributed by atoms with E-state index in [1.807, 2.05) is 18.2 Å². The van der Waals surface area contributed by atoms with Crippen LogP contribution in [0.4, 0.5) is 5.95 Å². The molecule has 6 heteroatoms. The second-order valence-corrected chi connectivity index (χ2v) is 5.18. The van der Waals surface area contributed by atoms with Crippen LogP contribution in [-0.2, 0) is 6.54 Å². The van der Waals surface area contributed by atoms with Crippen LogP contribution in [0.3, 0.4) is 0 Å². The average molecular weight is 291 g/mol. The molecular formula is C16H13N5O. The minimum Gasteiger partial charge on any atom is -0.369 e. The minimum absolute atomic E-state index is 0.0773. The van der Waals surface area contributed by atoms with E-state index in [1.54, 1.807) is 10.9 Å². The molecule has 0 bridgehead atoms. The second-order valence-electron chi connectivity index (χ2n) is 5.18. The van der Waals surface area contributed by atoms with Gasteiger partial charge >= 0.3 is 0 Å². The van der Waals surface area contributed by atoms with Gasteiger partial charge in [0.1, 0.15) is 0 Å². The first kappa shape index (κ1) is 12.6. The minimum atomic E-state index is -0.277. The highest BCUT2D eigenvalue weighted by Crippen LogP contribution is 2.17. The van der Waals surface area contributed by atoms with Crippen molar-refractivity contribution in [3.8, 4) is 0 Å². The molecule has 0 unspecified atom stereocenters. The highest BCUT2D eigenvalue weighted by molar-refractivity contribution is 5.83. The molecule has 2 aromatic carbocycles. The summed E-state index contributed by atoms with van der Waals surface area (Å²) in [4.78, 5) is 22.7. The van der Waals surface area contributed by atoms with E-state index in [4.69, 9.17) is 5.73 Å². The fourth-order valence-corrected chi connectivity index (χ4v) is 2.66. The van der Waals surface area contributed by atoms with Crippen molar-refractivity contribution < 1.29 is 0 Å². The summed E-state index contributed by atoms with van der Waals surface area (Å²) in [7, 11) is 0. The molecule has 6 nitrogen and oxygen atoms in total. The number of nitrogen functional groups attached to an aromatic ring is 1. The molecule has 4 rings (SSSR count). The van der Waals surface area contributed by atoms with Gasteiger partial charge in [-0.2, -0.15) is 4.98 Å². The van der Waals surface area contributed by atoms with Crippen LogP contribution in [-0.4, -0.2) is 19.5 Å². The first-order chi connectivity index (χ1) is 10.7. The van der Waals surface area contributed by atoms with Gasteiger partial charge in [0.15, 0.2) is 11.2 Å². The average Bonchev–Trinajstić information content (AvgIpc) is 2.90. The van der Waals surface area contributed by atoms with Gasteiger partial charge < -0.3 is 10.3 Å². The molecule has 0 saturated carbocycles. The number of anilines is 1. The van der Waals surface area contributed by atoms with Crippen LogP contribution in [0.15, 0.2) is 53.6 Å². The lowest BCUT2D eigenvalue weighted by molar-refractivity contribution is 0.821. The van der Waals surface area contributed by atoms with Gasteiger partial charge in [0.05, 0.1) is 6.33 Å². The number of nitrogens with zero attached hydrogens (tertiary/aromatic N) is 3. The maximum atomic E-state index is 12.0. The predicted octanol–water partition coefficient (Wildman–Crippen LogP) is 1.90. The van der Waals surface area contributed by atoms with E-state index in [1.165, 1.54) is 10.8 Å². The van der Waals surface area contributed by atoms with Crippen molar-refractivity contribution in [2.75, 3.05) is 5.73 Å². The van der Waals surface area contributed by atoms with E-state index < -0.39 is 0 Å². The Morgan fingerprint density at radius 1 is 1.14 bits per heavy atom. The zero-order valence-electron chi connectivity index (χ0n) is 11.7. The molecule has 0 aliphatic carbocycles. The van der Waals surface area contributed by atoms with Crippen molar-refractivity contribution >= 4 is 27.9 Å². The predicted molar refractivity (Wildman–Crippen MR) is 85.6 cm³/mol. The molecule has 108 valence electrons. The van der Waals surface area contributed by atoms with Gasteiger partial charge in [0, 0.05) is 6.54 Å². The van der Waals surface area contributed by atoms with E-state index >= 15 is 0 Å². The largest absolute Gasteiger partial charge is 0.369 e. The summed E-state index contributed by atoms with van der Waals surface area (Å²) in [6, 6.07) is 14.4. The Balaban J connectivity index is 1.80. The summed E-state index contributed by atoms with van der Waals surface area (Å²) in [6.07, 6.45) is 1.61. The Morgan fingerprint density at radius 3 is 2.82 bits per heavy atom. The van der Waals surface area contributed by atoms with E-state index in [9.17, 15) is 4.79 Å². The number of rotatable bonds is 2. The second kappa shape index (κ2) is 4.70. The van der Waals surface area contributed by atoms with Crippen molar-refractivity contribution in [3.63, 3.8) is 0 Å². The lowest BCUT2D eigenvalue weighted by Crippen LogP contribution is -2.14. The highest BCUT2D eigenvalue weighted by Gasteiger charge is 2.10. The smallest absolute Gasteiger partial charge is 0.278 e. The quantitative estimate of drug-likeness (QED) is 0.590. The zero-order chi connectivity index (χ0) is 15.1. The van der Waals surface area contributed by atoms with Gasteiger partial charge in [0.25, 0.3) is 5.56 Å². The fourth-order valence-electron chi connectivity index (χ4n) is 2.66. The normalized spacial score (nSPS) is 11.3. The number of H-pyrrole nitrogens is 1. The summed E-state index contributed by atoms with van der Waals surface area (Å²) in [5, 5.41) is 2.36. The summed E-state index contributed by atoms with van der Waals surface area (Å²) >= 11 is 0. The van der Waals surface area contributed by atoms with Crippen LogP contribution >= 0.6 is 0 Å². The van der Waals surface area contributed by atoms with Crippen LogP contribution in [0.1, 0.15) is 5.56 Å². The SMILES string of the molecule is Nc1nc2ncn(Cc3ccc4ccccc4c3)c2c(=O)[nH]1. The monoisotopic (exact) mass is 291 g/mol. The number of nitrogens with one attached hydrogen (secondary N) is 1. The molecule has 2 heterocycles. The zero-order valence-corrected chi connectivity index (χ0v) is 11.7. The molecular weight excluding hydrogens is 278 g/mol. The summed E-state index contributed by atoms with van der Waals surface area (Å²) in [5.41, 5.74) is 7.14. The summed E-state index contributed by atoms with van der Waals surface area (Å²) in [5.74, 6) is 0.0773. The Bertz CT molecular complexity index is 1050. The molecule has 0 aliphatic heterocycles. The number of aromatic nitrogens is 4. The van der Waals surface area contributed by atoms with Gasteiger partial charge in [-0.15, -0.1) is 0 Å². The molecule has 22 heavy (non-hydrogen) atoms. The topological polar surface area (TPSA) is 89.6 Å². The van der Waals surface area contributed by atoms with E-state index in [-0.39, 0.29) is 11.5 Å². The van der Waals surface area contributed by atoms with Crippen molar-refractivity contribution in [3.05, 3.63) is 64.7 Å². The number of nitrogens with two attached hydrogens (primary N) is 1. The Morgan fingerprint density at radius 2 is 1.95 bits per heavy atom. The van der Waals surface area contributed by atoms with E-state index in [0.29, 0.717) is 17.7 Å².